The van der Waals surface area contributed by atoms with Gasteiger partial charge >= 0.3 is 6.03 Å². The van der Waals surface area contributed by atoms with Crippen molar-refractivity contribution < 1.29 is 4.79 Å². The maximum absolute atomic E-state index is 12.0. The molecule has 1 aliphatic rings. The minimum atomic E-state index is 0.0264. The summed E-state index contributed by atoms with van der Waals surface area (Å²) in [4.78, 5) is 13.9. The van der Waals surface area contributed by atoms with Crippen LogP contribution < -0.4 is 5.32 Å². The van der Waals surface area contributed by atoms with Gasteiger partial charge in [-0.15, -0.1) is 0 Å². The third kappa shape index (κ3) is 3.59. The Morgan fingerprint density at radius 1 is 1.53 bits per heavy atom. The second-order valence-corrected chi connectivity index (χ2v) is 5.88. The number of hydrogen-bond acceptors (Lipinski definition) is 1. The third-order valence-corrected chi connectivity index (χ3v) is 3.69. The van der Waals surface area contributed by atoms with Crippen molar-refractivity contribution in [1.29, 1.82) is 0 Å². The minimum Gasteiger partial charge on any atom is -0.324 e. The summed E-state index contributed by atoms with van der Waals surface area (Å²) in [5, 5.41) is 2.96. The Hall–Kier alpha value is -0.780. The molecule has 4 heteroatoms. The third-order valence-electron chi connectivity index (χ3n) is 3.02. The van der Waals surface area contributed by atoms with Crippen molar-refractivity contribution in [3.63, 3.8) is 0 Å². The molecule has 0 aromatic heterocycles. The second kappa shape index (κ2) is 5.71. The molecule has 1 heterocycles. The number of piperidine rings is 1. The number of nitrogens with zero attached hydrogens (tertiary/aromatic N) is 1. The van der Waals surface area contributed by atoms with Gasteiger partial charge in [-0.25, -0.2) is 4.79 Å². The monoisotopic (exact) mass is 344 g/mol. The van der Waals surface area contributed by atoms with Gasteiger partial charge in [-0.3, -0.25) is 0 Å². The first kappa shape index (κ1) is 12.7. The van der Waals surface area contributed by atoms with E-state index in [1.165, 1.54) is 6.42 Å². The van der Waals surface area contributed by atoms with E-state index in [0.29, 0.717) is 5.92 Å². The average molecular weight is 344 g/mol. The summed E-state index contributed by atoms with van der Waals surface area (Å²) in [5.74, 6) is 0.616. The van der Waals surface area contributed by atoms with E-state index in [-0.39, 0.29) is 6.03 Å². The van der Waals surface area contributed by atoms with E-state index in [2.05, 4.69) is 34.8 Å². The predicted octanol–water partition coefficient (Wildman–Crippen LogP) is 3.56. The molecule has 0 radical (unpaired) electrons. The highest BCUT2D eigenvalue weighted by molar-refractivity contribution is 14.1. The highest BCUT2D eigenvalue weighted by Crippen LogP contribution is 2.17. The maximum atomic E-state index is 12.0. The zero-order chi connectivity index (χ0) is 12.3. The molecule has 0 aliphatic carbocycles. The molecule has 0 bridgehead atoms. The van der Waals surface area contributed by atoms with Gasteiger partial charge in [-0.1, -0.05) is 13.0 Å². The van der Waals surface area contributed by atoms with Gasteiger partial charge in [-0.05, 0) is 59.5 Å². The quantitative estimate of drug-likeness (QED) is 0.777. The van der Waals surface area contributed by atoms with Gasteiger partial charge in [0.25, 0.3) is 0 Å². The molecular weight excluding hydrogens is 327 g/mol. The van der Waals surface area contributed by atoms with Crippen LogP contribution in [0.1, 0.15) is 19.8 Å². The van der Waals surface area contributed by atoms with Crippen molar-refractivity contribution in [3.8, 4) is 0 Å². The molecule has 1 aromatic rings. The minimum absolute atomic E-state index is 0.0264. The van der Waals surface area contributed by atoms with Crippen LogP contribution in [0.15, 0.2) is 24.3 Å². The number of halogens is 1. The van der Waals surface area contributed by atoms with E-state index in [0.717, 1.165) is 28.8 Å². The predicted molar refractivity (Wildman–Crippen MR) is 78.1 cm³/mol. The van der Waals surface area contributed by atoms with Crippen molar-refractivity contribution in [2.24, 2.45) is 5.92 Å². The van der Waals surface area contributed by atoms with Gasteiger partial charge in [0.1, 0.15) is 0 Å². The number of nitrogens with one attached hydrogen (secondary N) is 1. The lowest BCUT2D eigenvalue weighted by molar-refractivity contribution is 0.182. The van der Waals surface area contributed by atoms with E-state index in [9.17, 15) is 4.79 Å². The number of carbonyl (C=O) groups is 1. The Balaban J connectivity index is 1.96. The van der Waals surface area contributed by atoms with Gasteiger partial charge in [0.2, 0.25) is 0 Å². The van der Waals surface area contributed by atoms with Crippen molar-refractivity contribution in [3.05, 3.63) is 27.8 Å². The lowest BCUT2D eigenvalue weighted by Gasteiger charge is -2.30. The Morgan fingerprint density at radius 3 is 3.06 bits per heavy atom. The van der Waals surface area contributed by atoms with E-state index in [1.54, 1.807) is 0 Å². The van der Waals surface area contributed by atoms with E-state index in [4.69, 9.17) is 0 Å². The molecule has 1 saturated heterocycles. The molecule has 2 amide bonds. The molecule has 0 unspecified atom stereocenters. The molecule has 1 aliphatic heterocycles. The summed E-state index contributed by atoms with van der Waals surface area (Å²) < 4.78 is 1.13. The number of hydrogen-bond donors (Lipinski definition) is 1. The van der Waals surface area contributed by atoms with E-state index < -0.39 is 0 Å². The van der Waals surface area contributed by atoms with Crippen LogP contribution in [0.4, 0.5) is 10.5 Å². The molecule has 1 atom stereocenters. The number of likely N-dealkylation sites (tertiary alicyclic amines) is 1. The summed E-state index contributed by atoms with van der Waals surface area (Å²) in [6.45, 7) is 3.95. The number of benzene rings is 1. The van der Waals surface area contributed by atoms with Crippen LogP contribution in [0.3, 0.4) is 0 Å². The lowest BCUT2D eigenvalue weighted by atomic mass is 10.0. The van der Waals surface area contributed by atoms with Crippen LogP contribution in [0.2, 0.25) is 0 Å². The zero-order valence-electron chi connectivity index (χ0n) is 9.95. The standard InChI is InChI=1S/C13H17IN2O/c1-10-4-3-7-16(9-10)13(17)15-12-6-2-5-11(14)8-12/h2,5-6,8,10H,3-4,7,9H2,1H3,(H,15,17)/t10-/m1/s1. The Labute approximate surface area is 116 Å². The van der Waals surface area contributed by atoms with Crippen molar-refractivity contribution >= 4 is 34.3 Å². The molecule has 1 fully saturated rings. The molecule has 3 nitrogen and oxygen atoms in total. The van der Waals surface area contributed by atoms with Crippen LogP contribution in [0.25, 0.3) is 0 Å². The van der Waals surface area contributed by atoms with Crippen molar-refractivity contribution in [2.45, 2.75) is 19.8 Å². The number of carbonyl (C=O) groups excluding carboxylic acids is 1. The fraction of sp³-hybridized carbons (Fsp3) is 0.462. The maximum Gasteiger partial charge on any atom is 0.321 e. The van der Waals surface area contributed by atoms with Crippen molar-refractivity contribution in [1.82, 2.24) is 4.90 Å². The largest absolute Gasteiger partial charge is 0.324 e. The first-order valence-corrected chi connectivity index (χ1v) is 7.04. The summed E-state index contributed by atoms with van der Waals surface area (Å²) >= 11 is 2.25. The Kier molecular flexibility index (Phi) is 4.25. The Bertz CT molecular complexity index is 408. The number of anilines is 1. The van der Waals surface area contributed by atoms with Crippen LogP contribution in [0, 0.1) is 9.49 Å². The fourth-order valence-corrected chi connectivity index (χ4v) is 2.69. The first-order chi connectivity index (χ1) is 8.15. The lowest BCUT2D eigenvalue weighted by Crippen LogP contribution is -2.41. The molecule has 2 rings (SSSR count). The Morgan fingerprint density at radius 2 is 2.35 bits per heavy atom. The molecule has 17 heavy (non-hydrogen) atoms. The van der Waals surface area contributed by atoms with Crippen LogP contribution in [-0.2, 0) is 0 Å². The zero-order valence-corrected chi connectivity index (χ0v) is 12.1. The topological polar surface area (TPSA) is 32.3 Å². The first-order valence-electron chi connectivity index (χ1n) is 5.96. The van der Waals surface area contributed by atoms with Crippen LogP contribution >= 0.6 is 22.6 Å². The summed E-state index contributed by atoms with van der Waals surface area (Å²) in [5.41, 5.74) is 0.875. The van der Waals surface area contributed by atoms with Gasteiger partial charge in [-0.2, -0.15) is 0 Å². The van der Waals surface area contributed by atoms with Crippen LogP contribution in [-0.4, -0.2) is 24.0 Å². The van der Waals surface area contributed by atoms with E-state index >= 15 is 0 Å². The molecule has 0 spiro atoms. The highest BCUT2D eigenvalue weighted by atomic mass is 127. The van der Waals surface area contributed by atoms with Gasteiger partial charge < -0.3 is 10.2 Å². The smallest absolute Gasteiger partial charge is 0.321 e. The van der Waals surface area contributed by atoms with E-state index in [1.807, 2.05) is 29.2 Å². The highest BCUT2D eigenvalue weighted by Gasteiger charge is 2.20. The molecule has 1 N–H and O–H groups in total. The summed E-state index contributed by atoms with van der Waals surface area (Å²) in [6, 6.07) is 7.90. The van der Waals surface area contributed by atoms with Gasteiger partial charge in [0.05, 0.1) is 0 Å². The SMILES string of the molecule is C[C@@H]1CCCN(C(=O)Nc2cccc(I)c2)C1. The summed E-state index contributed by atoms with van der Waals surface area (Å²) in [7, 11) is 0. The average Bonchev–Trinajstić information content (AvgIpc) is 2.29. The van der Waals surface area contributed by atoms with Gasteiger partial charge in [0, 0.05) is 22.3 Å². The number of urea groups is 1. The van der Waals surface area contributed by atoms with Crippen molar-refractivity contribution in [2.75, 3.05) is 18.4 Å². The van der Waals surface area contributed by atoms with Gasteiger partial charge in [0.15, 0.2) is 0 Å². The second-order valence-electron chi connectivity index (χ2n) is 4.63. The van der Waals surface area contributed by atoms with Crippen LogP contribution in [0.5, 0.6) is 0 Å². The number of amides is 2. The molecular formula is C13H17IN2O. The molecule has 0 saturated carbocycles. The molecule has 1 aromatic carbocycles. The fourth-order valence-electron chi connectivity index (χ4n) is 2.14. The number of rotatable bonds is 1. The normalized spacial score (nSPS) is 20.1. The summed E-state index contributed by atoms with van der Waals surface area (Å²) in [6.07, 6.45) is 2.34. The molecule has 92 valence electrons.